The Bertz CT molecular complexity index is 518. The van der Waals surface area contributed by atoms with Crippen LogP contribution in [-0.4, -0.2) is 27.6 Å². The summed E-state index contributed by atoms with van der Waals surface area (Å²) >= 11 is 7.41. The van der Waals surface area contributed by atoms with Gasteiger partial charge in [0.1, 0.15) is 0 Å². The molecule has 0 aliphatic rings. The van der Waals surface area contributed by atoms with E-state index in [-0.39, 0.29) is 6.61 Å². The van der Waals surface area contributed by atoms with Crippen molar-refractivity contribution in [3.8, 4) is 0 Å². The van der Waals surface area contributed by atoms with E-state index in [0.29, 0.717) is 10.5 Å². The van der Waals surface area contributed by atoms with Crippen molar-refractivity contribution in [2.75, 3.05) is 6.61 Å². The number of aromatic nitrogens is 1. The van der Waals surface area contributed by atoms with Gasteiger partial charge in [-0.05, 0) is 18.9 Å². The zero-order valence-corrected chi connectivity index (χ0v) is 13.1. The second-order valence-corrected chi connectivity index (χ2v) is 6.53. The summed E-state index contributed by atoms with van der Waals surface area (Å²) in [7, 11) is 0. The molecule has 108 valence electrons. The van der Waals surface area contributed by atoms with Crippen molar-refractivity contribution >= 4 is 22.9 Å². The molecule has 0 saturated heterocycles. The topological polar surface area (TPSA) is 36.4 Å². The number of halogens is 1. The van der Waals surface area contributed by atoms with Crippen LogP contribution in [0.25, 0.3) is 0 Å². The number of benzene rings is 1. The maximum Gasteiger partial charge on any atom is 0.183 e. The fraction of sp³-hybridized carbons (Fsp3) is 0.400. The fourth-order valence-corrected chi connectivity index (χ4v) is 3.12. The van der Waals surface area contributed by atoms with E-state index in [1.807, 2.05) is 24.4 Å². The highest BCUT2D eigenvalue weighted by molar-refractivity contribution is 7.15. The Morgan fingerprint density at radius 1 is 1.30 bits per heavy atom. The molecule has 3 nitrogen and oxygen atoms in total. The van der Waals surface area contributed by atoms with E-state index in [9.17, 15) is 0 Å². The van der Waals surface area contributed by atoms with Gasteiger partial charge in [-0.25, -0.2) is 4.98 Å². The standard InChI is InChI=1S/C15H19ClN2OS/c1-12(7-8-19)18(10-13-5-3-2-4-6-13)11-14-9-17-15(16)20-14/h2-6,9,12,19H,7-8,10-11H2,1H3. The van der Waals surface area contributed by atoms with Crippen LogP contribution >= 0.6 is 22.9 Å². The van der Waals surface area contributed by atoms with Crippen LogP contribution in [0.4, 0.5) is 0 Å². The molecule has 0 bridgehead atoms. The molecule has 1 atom stereocenters. The van der Waals surface area contributed by atoms with Gasteiger partial charge in [-0.3, -0.25) is 4.90 Å². The number of rotatable bonds is 7. The Morgan fingerprint density at radius 3 is 2.65 bits per heavy atom. The van der Waals surface area contributed by atoms with E-state index in [0.717, 1.165) is 24.4 Å². The summed E-state index contributed by atoms with van der Waals surface area (Å²) in [5.74, 6) is 0. The largest absolute Gasteiger partial charge is 0.396 e. The van der Waals surface area contributed by atoms with E-state index in [4.69, 9.17) is 16.7 Å². The Morgan fingerprint density at radius 2 is 2.05 bits per heavy atom. The molecule has 2 rings (SSSR count). The number of hydrogen-bond acceptors (Lipinski definition) is 4. The summed E-state index contributed by atoms with van der Waals surface area (Å²) < 4.78 is 0.578. The highest BCUT2D eigenvalue weighted by atomic mass is 35.5. The highest BCUT2D eigenvalue weighted by Crippen LogP contribution is 2.22. The molecular formula is C15H19ClN2OS. The van der Waals surface area contributed by atoms with Gasteiger partial charge in [0.25, 0.3) is 0 Å². The van der Waals surface area contributed by atoms with Crippen molar-refractivity contribution in [2.24, 2.45) is 0 Å². The molecule has 0 radical (unpaired) electrons. The molecule has 0 amide bonds. The number of nitrogens with zero attached hydrogens (tertiary/aromatic N) is 2. The van der Waals surface area contributed by atoms with Crippen LogP contribution in [-0.2, 0) is 13.1 Å². The first kappa shape index (κ1) is 15.4. The van der Waals surface area contributed by atoms with Crippen molar-refractivity contribution in [1.29, 1.82) is 0 Å². The molecule has 0 fully saturated rings. The summed E-state index contributed by atoms with van der Waals surface area (Å²) in [4.78, 5) is 7.58. The molecule has 1 aromatic carbocycles. The van der Waals surface area contributed by atoms with Crippen LogP contribution in [0.3, 0.4) is 0 Å². The van der Waals surface area contributed by atoms with Gasteiger partial charge >= 0.3 is 0 Å². The molecule has 0 aliphatic carbocycles. The van der Waals surface area contributed by atoms with Crippen LogP contribution in [0.15, 0.2) is 36.5 Å². The van der Waals surface area contributed by atoms with Gasteiger partial charge in [0.15, 0.2) is 4.47 Å². The van der Waals surface area contributed by atoms with Gasteiger partial charge in [0.05, 0.1) is 0 Å². The van der Waals surface area contributed by atoms with Gasteiger partial charge < -0.3 is 5.11 Å². The van der Waals surface area contributed by atoms with Crippen molar-refractivity contribution in [2.45, 2.75) is 32.5 Å². The quantitative estimate of drug-likeness (QED) is 0.849. The Labute approximate surface area is 128 Å². The van der Waals surface area contributed by atoms with E-state index >= 15 is 0 Å². The van der Waals surface area contributed by atoms with E-state index in [1.165, 1.54) is 16.9 Å². The minimum atomic E-state index is 0.204. The minimum absolute atomic E-state index is 0.204. The van der Waals surface area contributed by atoms with Gasteiger partial charge in [-0.2, -0.15) is 0 Å². The molecule has 1 N–H and O–H groups in total. The van der Waals surface area contributed by atoms with Crippen molar-refractivity contribution in [3.63, 3.8) is 0 Å². The third-order valence-corrected chi connectivity index (χ3v) is 4.38. The average molecular weight is 311 g/mol. The lowest BCUT2D eigenvalue weighted by molar-refractivity contribution is 0.154. The summed E-state index contributed by atoms with van der Waals surface area (Å²) in [6.45, 7) is 4.01. The molecular weight excluding hydrogens is 292 g/mol. The van der Waals surface area contributed by atoms with Crippen molar-refractivity contribution in [3.05, 3.63) is 51.4 Å². The lowest BCUT2D eigenvalue weighted by Crippen LogP contribution is -2.32. The van der Waals surface area contributed by atoms with Gasteiger partial charge in [0, 0.05) is 36.8 Å². The first-order valence-corrected chi connectivity index (χ1v) is 7.87. The summed E-state index contributed by atoms with van der Waals surface area (Å²) in [6, 6.07) is 10.7. The smallest absolute Gasteiger partial charge is 0.183 e. The molecule has 2 aromatic rings. The zero-order valence-electron chi connectivity index (χ0n) is 11.5. The van der Waals surface area contributed by atoms with E-state index in [2.05, 4.69) is 28.9 Å². The number of aliphatic hydroxyl groups is 1. The average Bonchev–Trinajstić information content (AvgIpc) is 2.85. The lowest BCUT2D eigenvalue weighted by atomic mass is 10.1. The molecule has 0 aliphatic heterocycles. The lowest BCUT2D eigenvalue weighted by Gasteiger charge is -2.28. The molecule has 0 spiro atoms. The molecule has 0 saturated carbocycles. The third-order valence-electron chi connectivity index (χ3n) is 3.28. The highest BCUT2D eigenvalue weighted by Gasteiger charge is 2.15. The predicted octanol–water partition coefficient (Wildman–Crippen LogP) is 3.57. The molecule has 1 heterocycles. The van der Waals surface area contributed by atoms with E-state index < -0.39 is 0 Å². The molecule has 5 heteroatoms. The third kappa shape index (κ3) is 4.56. The number of thiazole rings is 1. The maximum absolute atomic E-state index is 9.16. The second-order valence-electron chi connectivity index (χ2n) is 4.83. The van der Waals surface area contributed by atoms with Crippen molar-refractivity contribution in [1.82, 2.24) is 9.88 Å². The predicted molar refractivity (Wildman–Crippen MR) is 84.0 cm³/mol. The van der Waals surface area contributed by atoms with Gasteiger partial charge in [-0.1, -0.05) is 41.9 Å². The van der Waals surface area contributed by atoms with Gasteiger partial charge in [-0.15, -0.1) is 11.3 Å². The normalized spacial score (nSPS) is 12.8. The maximum atomic E-state index is 9.16. The Balaban J connectivity index is 2.07. The summed E-state index contributed by atoms with van der Waals surface area (Å²) in [5.41, 5.74) is 1.27. The molecule has 1 unspecified atom stereocenters. The monoisotopic (exact) mass is 310 g/mol. The first-order valence-electron chi connectivity index (χ1n) is 6.68. The number of hydrogen-bond donors (Lipinski definition) is 1. The minimum Gasteiger partial charge on any atom is -0.396 e. The van der Waals surface area contributed by atoms with Crippen LogP contribution in [0.2, 0.25) is 4.47 Å². The zero-order chi connectivity index (χ0) is 14.4. The fourth-order valence-electron chi connectivity index (χ4n) is 2.11. The summed E-state index contributed by atoms with van der Waals surface area (Å²) in [6.07, 6.45) is 2.59. The summed E-state index contributed by atoms with van der Waals surface area (Å²) in [5, 5.41) is 9.16. The number of aliphatic hydroxyl groups excluding tert-OH is 1. The van der Waals surface area contributed by atoms with E-state index in [1.54, 1.807) is 0 Å². The first-order chi connectivity index (χ1) is 9.69. The Hall–Kier alpha value is -0.940. The van der Waals surface area contributed by atoms with Crippen LogP contribution in [0.5, 0.6) is 0 Å². The molecule has 1 aromatic heterocycles. The second kappa shape index (κ2) is 7.74. The van der Waals surface area contributed by atoms with Crippen LogP contribution < -0.4 is 0 Å². The van der Waals surface area contributed by atoms with Gasteiger partial charge in [0.2, 0.25) is 0 Å². The van der Waals surface area contributed by atoms with Crippen LogP contribution in [0.1, 0.15) is 23.8 Å². The molecule has 20 heavy (non-hydrogen) atoms. The SMILES string of the molecule is CC(CCO)N(Cc1ccccc1)Cc1cnc(Cl)s1. The van der Waals surface area contributed by atoms with Crippen molar-refractivity contribution < 1.29 is 5.11 Å². The Kier molecular flexibility index (Phi) is 5.98. The van der Waals surface area contributed by atoms with Crippen LogP contribution in [0, 0.1) is 0 Å².